The van der Waals surface area contributed by atoms with E-state index in [0.29, 0.717) is 38.5 Å². The van der Waals surface area contributed by atoms with Gasteiger partial charge >= 0.3 is 26.5 Å². The molecule has 4 rings (SSSR count). The smallest absolute Gasteiger partial charge is 0.290 e. The van der Waals surface area contributed by atoms with Crippen molar-refractivity contribution in [3.05, 3.63) is 22.1 Å². The molecule has 0 aromatic carbocycles. The Morgan fingerprint density at radius 1 is 0.650 bits per heavy atom. The molecule has 0 aliphatic heterocycles. The van der Waals surface area contributed by atoms with Crippen LogP contribution in [0.15, 0.2) is 22.1 Å². The van der Waals surface area contributed by atoms with Crippen molar-refractivity contribution in [1.82, 2.24) is 0 Å². The molecule has 0 amide bonds. The molecular weight excluding hydrogens is 582 g/mol. The van der Waals surface area contributed by atoms with Crippen molar-refractivity contribution in [2.24, 2.45) is 23.7 Å². The van der Waals surface area contributed by atoms with Gasteiger partial charge in [0.1, 0.15) is 0 Å². The minimum Gasteiger partial charge on any atom is -0.290 e. The van der Waals surface area contributed by atoms with Crippen LogP contribution >= 0.6 is 10.6 Å². The molecule has 0 radical (unpaired) electrons. The summed E-state index contributed by atoms with van der Waals surface area (Å²) in [5, 5.41) is -12.9. The average molecular weight is 623 g/mol. The number of allylic oxidation sites excluding steroid dienone is 4. The van der Waals surface area contributed by atoms with E-state index in [-0.39, 0.29) is 23.8 Å². The lowest BCUT2D eigenvalue weighted by Crippen LogP contribution is -2.59. The van der Waals surface area contributed by atoms with E-state index in [2.05, 4.69) is 0 Å². The van der Waals surface area contributed by atoms with E-state index in [1.54, 1.807) is 6.08 Å². The molecule has 1 unspecified atom stereocenters. The van der Waals surface area contributed by atoms with Crippen LogP contribution in [0.5, 0.6) is 0 Å². The summed E-state index contributed by atoms with van der Waals surface area (Å²) in [6.07, 6.45) is 13.3. The lowest BCUT2D eigenvalue weighted by Gasteiger charge is -2.51. The molecule has 1 atom stereocenters. The highest BCUT2D eigenvalue weighted by atomic mass is 32.3. The van der Waals surface area contributed by atoms with Gasteiger partial charge in [0.05, 0.1) is 0 Å². The first-order chi connectivity index (χ1) is 18.5. The summed E-state index contributed by atoms with van der Waals surface area (Å²) < 4.78 is 143. The highest BCUT2D eigenvalue weighted by Crippen LogP contribution is 2.73. The topological polar surface area (TPSA) is 94.8 Å². The van der Waals surface area contributed by atoms with Gasteiger partial charge in [-0.25, -0.2) is 0 Å². The molecule has 0 spiro atoms. The van der Waals surface area contributed by atoms with Crippen molar-refractivity contribution in [2.45, 2.75) is 119 Å². The van der Waals surface area contributed by atoms with Crippen LogP contribution in [0.1, 0.15) is 103 Å². The maximum atomic E-state index is 15.6. The van der Waals surface area contributed by atoms with Gasteiger partial charge in [0.15, 0.2) is 0 Å². The molecular formula is C27H40F6O5S2. The van der Waals surface area contributed by atoms with Gasteiger partial charge < -0.3 is 0 Å². The number of hydrogen-bond acceptors (Lipinski definition) is 4. The highest BCUT2D eigenvalue weighted by Gasteiger charge is 2.82. The van der Waals surface area contributed by atoms with Crippen LogP contribution in [-0.2, 0) is 10.1 Å². The molecule has 3 saturated carbocycles. The quantitative estimate of drug-likeness (QED) is 0.185. The summed E-state index contributed by atoms with van der Waals surface area (Å²) in [6, 6.07) is 0. The van der Waals surface area contributed by atoms with Gasteiger partial charge in [0, 0.05) is 10.8 Å². The fraction of sp³-hybridized carbons (Fsp3) is 0.852. The van der Waals surface area contributed by atoms with Crippen LogP contribution in [0, 0.1) is 23.7 Å². The van der Waals surface area contributed by atoms with Crippen LogP contribution in [-0.4, -0.2) is 38.5 Å². The predicted octanol–water partition coefficient (Wildman–Crippen LogP) is 9.39. The van der Waals surface area contributed by atoms with Crippen molar-refractivity contribution < 1.29 is 48.4 Å². The van der Waals surface area contributed by atoms with Gasteiger partial charge in [0.25, 0.3) is 0 Å². The summed E-state index contributed by atoms with van der Waals surface area (Å²) >= 11 is 0. The fourth-order valence-electron chi connectivity index (χ4n) is 7.32. The minimum atomic E-state index is -7.03. The zero-order valence-corrected chi connectivity index (χ0v) is 24.1. The monoisotopic (exact) mass is 622 g/mol. The van der Waals surface area contributed by atoms with Gasteiger partial charge in [-0.3, -0.25) is 13.7 Å². The van der Waals surface area contributed by atoms with Crippen molar-refractivity contribution >= 4 is 20.7 Å². The van der Waals surface area contributed by atoms with E-state index in [9.17, 15) is 35.1 Å². The molecule has 4 aliphatic carbocycles. The normalized spacial score (nSPS) is 26.6. The van der Waals surface area contributed by atoms with Gasteiger partial charge in [-0.05, 0) is 68.3 Å². The zero-order chi connectivity index (χ0) is 29.6. The van der Waals surface area contributed by atoms with Crippen LogP contribution in [0.25, 0.3) is 0 Å². The van der Waals surface area contributed by atoms with Crippen molar-refractivity contribution in [3.8, 4) is 0 Å². The Morgan fingerprint density at radius 3 is 1.57 bits per heavy atom. The van der Waals surface area contributed by atoms with Crippen molar-refractivity contribution in [2.75, 3.05) is 0 Å². The predicted molar refractivity (Wildman–Crippen MR) is 142 cm³/mol. The number of rotatable bonds is 8. The molecule has 0 aromatic heterocycles. The summed E-state index contributed by atoms with van der Waals surface area (Å²) in [6.45, 7) is 0. The largest absolute Gasteiger partial charge is 0.439 e. The second kappa shape index (κ2) is 11.7. The first-order valence-electron chi connectivity index (χ1n) is 14.4. The summed E-state index contributed by atoms with van der Waals surface area (Å²) in [5.41, 5.74) is 1.10. The van der Waals surface area contributed by atoms with E-state index >= 15 is 8.78 Å². The molecule has 0 aromatic rings. The Balaban J connectivity index is 1.92. The van der Waals surface area contributed by atoms with E-state index in [4.69, 9.17) is 4.55 Å². The maximum Gasteiger partial charge on any atom is 0.439 e. The molecule has 0 heterocycles. The minimum absolute atomic E-state index is 0.132. The molecule has 3 N–H and O–H groups in total. The van der Waals surface area contributed by atoms with Gasteiger partial charge in [-0.15, -0.1) is 10.6 Å². The highest BCUT2D eigenvalue weighted by molar-refractivity contribution is 8.28. The van der Waals surface area contributed by atoms with E-state index in [0.717, 1.165) is 63.4 Å². The zero-order valence-electron chi connectivity index (χ0n) is 22.4. The first kappa shape index (κ1) is 32.2. The molecule has 13 heteroatoms. The van der Waals surface area contributed by atoms with E-state index < -0.39 is 53.9 Å². The molecule has 3 fully saturated rings. The number of halogens is 6. The number of hydrogen-bond donors (Lipinski definition) is 3. The molecule has 0 saturated heterocycles. The van der Waals surface area contributed by atoms with Crippen LogP contribution in [0.2, 0.25) is 0 Å². The van der Waals surface area contributed by atoms with Crippen LogP contribution in [0.4, 0.5) is 26.3 Å². The summed E-state index contributed by atoms with van der Waals surface area (Å²) in [4.78, 5) is -0.707. The van der Waals surface area contributed by atoms with Gasteiger partial charge in [-0.1, -0.05) is 69.4 Å². The van der Waals surface area contributed by atoms with E-state index in [1.165, 1.54) is 0 Å². The Hall–Kier alpha value is -0.760. The molecule has 5 nitrogen and oxygen atoms in total. The average Bonchev–Trinajstić information content (AvgIpc) is 2.92. The third-order valence-corrected chi connectivity index (χ3v) is 12.6. The molecule has 232 valence electrons. The lowest BCUT2D eigenvalue weighted by atomic mass is 9.68. The lowest BCUT2D eigenvalue weighted by molar-refractivity contribution is -0.247. The second-order valence-electron chi connectivity index (χ2n) is 12.0. The van der Waals surface area contributed by atoms with Gasteiger partial charge in [0.2, 0.25) is 0 Å². The Labute approximate surface area is 234 Å². The summed E-state index contributed by atoms with van der Waals surface area (Å²) in [7, 11) is -13.0. The Bertz CT molecular complexity index is 1090. The summed E-state index contributed by atoms with van der Waals surface area (Å²) in [5.74, 6) is -8.40. The second-order valence-corrected chi connectivity index (χ2v) is 15.6. The van der Waals surface area contributed by atoms with Crippen LogP contribution < -0.4 is 0 Å². The maximum absolute atomic E-state index is 15.6. The Morgan fingerprint density at radius 2 is 1.10 bits per heavy atom. The van der Waals surface area contributed by atoms with Crippen molar-refractivity contribution in [1.29, 1.82) is 0 Å². The van der Waals surface area contributed by atoms with Crippen molar-refractivity contribution in [3.63, 3.8) is 0 Å². The fourth-order valence-corrected chi connectivity index (χ4v) is 9.85. The van der Waals surface area contributed by atoms with Crippen LogP contribution in [0.3, 0.4) is 0 Å². The first-order valence-corrected chi connectivity index (χ1v) is 17.4. The molecule has 40 heavy (non-hydrogen) atoms. The standard InChI is InChI=1S/C27H40F6O5S2/c28-25(29,27(32,33)40(36,37)38)26(30,31)39(34,35)24-22(19-12-6-2-7-13-19)16-21(18-10-4-1-5-11-18)17-23(24)20-14-8-3-9-15-20/h16,18-20,23,34-35H,1-15,17H2,(H,36,37,38). The third kappa shape index (κ3) is 5.63. The van der Waals surface area contributed by atoms with E-state index in [1.807, 2.05) is 0 Å². The number of alkyl halides is 6. The van der Waals surface area contributed by atoms with Gasteiger partial charge in [-0.2, -0.15) is 34.8 Å². The molecule has 4 aliphatic rings. The molecule has 0 bridgehead atoms. The third-order valence-electron chi connectivity index (χ3n) is 9.53. The Kier molecular flexibility index (Phi) is 9.43. The SMILES string of the molecule is O=S(=O)(O)C(F)(F)C(F)(F)C(F)(F)S(O)(O)C1=C(C2CCCCC2)C=C(C2CCCCC2)CC1C1CCCCC1.